The number of amides is 1. The van der Waals surface area contributed by atoms with Crippen molar-refractivity contribution in [2.45, 2.75) is 89.7 Å². The number of esters is 2. The van der Waals surface area contributed by atoms with E-state index in [0.717, 1.165) is 98.4 Å². The van der Waals surface area contributed by atoms with Crippen molar-refractivity contribution < 1.29 is 47.8 Å². The quantitative estimate of drug-likeness (QED) is 0.0245. The Morgan fingerprint density at radius 2 is 1.70 bits per heavy atom. The third-order valence-electron chi connectivity index (χ3n) is 9.35. The van der Waals surface area contributed by atoms with Gasteiger partial charge in [-0.15, -0.1) is 0 Å². The van der Waals surface area contributed by atoms with Gasteiger partial charge in [-0.1, -0.05) is 42.5 Å². The van der Waals surface area contributed by atoms with Gasteiger partial charge in [-0.2, -0.15) is 8.90 Å². The number of thioether (sulfide) groups is 1. The molecular formula is C42H51N3O9S3. The molecule has 1 amide bonds. The molecule has 2 heterocycles. The average molecular weight is 838 g/mol. The maximum atomic E-state index is 13.6. The van der Waals surface area contributed by atoms with Crippen molar-refractivity contribution in [3.8, 4) is 0 Å². The van der Waals surface area contributed by atoms with Crippen LogP contribution in [0.25, 0.3) is 16.3 Å². The number of carbonyl (C=O) groups is 3. The lowest BCUT2D eigenvalue weighted by molar-refractivity contribution is -0.777. The van der Waals surface area contributed by atoms with Gasteiger partial charge in [-0.25, -0.2) is 14.4 Å². The van der Waals surface area contributed by atoms with Crippen LogP contribution in [0.1, 0.15) is 98.4 Å². The first-order chi connectivity index (χ1) is 27.4. The van der Waals surface area contributed by atoms with Crippen molar-refractivity contribution in [1.82, 2.24) is 4.90 Å². The molecule has 0 spiro atoms. The van der Waals surface area contributed by atoms with Crippen molar-refractivity contribution in [3.63, 3.8) is 0 Å². The smallest absolute Gasteiger partial charge is 0.414 e. The molecule has 1 aliphatic carbocycles. The Kier molecular flexibility index (Phi) is 15.8. The summed E-state index contributed by atoms with van der Waals surface area (Å²) in [6, 6.07) is 11.2. The van der Waals surface area contributed by atoms with E-state index in [1.165, 1.54) is 14.2 Å². The van der Waals surface area contributed by atoms with Crippen LogP contribution in [0.15, 0.2) is 81.4 Å². The minimum atomic E-state index is -0.682. The first-order valence-electron chi connectivity index (χ1n) is 19.0. The highest BCUT2D eigenvalue weighted by atomic mass is 32.2. The zero-order valence-electron chi connectivity index (χ0n) is 33.6. The van der Waals surface area contributed by atoms with E-state index in [0.29, 0.717) is 36.3 Å². The highest BCUT2D eigenvalue weighted by Gasteiger charge is 2.30. The number of hydrogen-bond donors (Lipinski definition) is 0. The van der Waals surface area contributed by atoms with Gasteiger partial charge in [-0.05, 0) is 107 Å². The Bertz CT molecular complexity index is 2070. The van der Waals surface area contributed by atoms with Gasteiger partial charge in [0.15, 0.2) is 6.54 Å². The number of benzene rings is 2. The lowest BCUT2D eigenvalue weighted by Gasteiger charge is -2.26. The Labute approximate surface area is 347 Å². The summed E-state index contributed by atoms with van der Waals surface area (Å²) < 4.78 is 23.6. The molecule has 2 aliphatic rings. The number of carbonyl (C=O) groups excluding carboxylic acids is 3. The van der Waals surface area contributed by atoms with Gasteiger partial charge < -0.3 is 24.4 Å². The number of aryl methyl sites for hydroxylation is 1. The first-order valence-corrected chi connectivity index (χ1v) is 21.5. The molecule has 5 rings (SSSR count). The second-order valence-electron chi connectivity index (χ2n) is 14.5. The van der Waals surface area contributed by atoms with Gasteiger partial charge in [0.1, 0.15) is 10.3 Å². The van der Waals surface area contributed by atoms with E-state index in [-0.39, 0.29) is 5.97 Å². The number of unbranched alkanes of at least 4 members (excludes halogenated alkanes) is 3. The minimum absolute atomic E-state index is 0.369. The minimum Gasteiger partial charge on any atom is -0.691 e. The molecule has 15 heteroatoms. The van der Waals surface area contributed by atoms with Crippen LogP contribution in [0.3, 0.4) is 0 Å². The second-order valence-corrected chi connectivity index (χ2v) is 17.4. The molecule has 0 fully saturated rings. The highest BCUT2D eigenvalue weighted by Crippen LogP contribution is 2.47. The molecule has 0 atom stereocenters. The third kappa shape index (κ3) is 11.3. The van der Waals surface area contributed by atoms with Crippen molar-refractivity contribution in [3.05, 3.63) is 92.6 Å². The van der Waals surface area contributed by atoms with Crippen LogP contribution in [-0.4, -0.2) is 62.1 Å². The molecule has 57 heavy (non-hydrogen) atoms. The number of anilines is 1. The van der Waals surface area contributed by atoms with Gasteiger partial charge in [0.2, 0.25) is 5.52 Å². The van der Waals surface area contributed by atoms with E-state index >= 15 is 0 Å². The standard InChI is InChI=1S/C42H51N3O9S3/c1-8-9-10-23-44-32-26-30(39(46)50-6)15-19-34(32)56-36(44)21-17-28-13-14-29(38(28)43(5)41(48)52-42(2,3)4)18-22-37-45(24-11-12-25-55-54-53-49)33-27-31(40(47)51-7)16-20-35(33)57-37/h15-22,26-27H,8-14,23-25H2,1-7H3. The summed E-state index contributed by atoms with van der Waals surface area (Å²) in [5.74, 6) is -0.197. The molecule has 2 aromatic carbocycles. The van der Waals surface area contributed by atoms with Crippen molar-refractivity contribution in [1.29, 1.82) is 0 Å². The average Bonchev–Trinajstić information content (AvgIpc) is 3.88. The summed E-state index contributed by atoms with van der Waals surface area (Å²) in [5.41, 5.74) is 4.97. The molecule has 3 aromatic rings. The topological polar surface area (TPSA) is 131 Å². The van der Waals surface area contributed by atoms with E-state index in [1.54, 1.807) is 47.2 Å². The SMILES string of the molecule is CCCCC[n+]1c(C=CC2=C(N(C)C(=O)OC(C)(C)C)C(=CC=C3Sc4ccc(C(=O)OC)cc4N3CCCCSOO[O-])CC2)sc2ccc(C(=O)OC)cc21. The predicted molar refractivity (Wildman–Crippen MR) is 223 cm³/mol. The number of thiazole rings is 1. The molecule has 0 unspecified atom stereocenters. The summed E-state index contributed by atoms with van der Waals surface area (Å²) in [6.45, 7) is 9.20. The van der Waals surface area contributed by atoms with Crippen LogP contribution in [0, 0.1) is 0 Å². The van der Waals surface area contributed by atoms with Crippen LogP contribution in [0.2, 0.25) is 0 Å². The summed E-state index contributed by atoms with van der Waals surface area (Å²) in [7, 11) is 4.51. The van der Waals surface area contributed by atoms with Gasteiger partial charge in [0, 0.05) is 54.8 Å². The molecular weight excluding hydrogens is 787 g/mol. The van der Waals surface area contributed by atoms with Crippen molar-refractivity contribution in [2.75, 3.05) is 38.5 Å². The third-order valence-corrected chi connectivity index (χ3v) is 12.2. The molecule has 0 bridgehead atoms. The van der Waals surface area contributed by atoms with Crippen molar-refractivity contribution >= 4 is 75.2 Å². The molecule has 12 nitrogen and oxygen atoms in total. The second kappa shape index (κ2) is 20.5. The summed E-state index contributed by atoms with van der Waals surface area (Å²) in [5, 5.41) is 15.7. The van der Waals surface area contributed by atoms with E-state index in [2.05, 4.69) is 50.1 Å². The Hall–Kier alpha value is -4.12. The van der Waals surface area contributed by atoms with Crippen molar-refractivity contribution in [2.24, 2.45) is 0 Å². The molecule has 0 saturated heterocycles. The van der Waals surface area contributed by atoms with E-state index in [4.69, 9.17) is 14.2 Å². The number of rotatable bonds is 17. The lowest BCUT2D eigenvalue weighted by atomic mass is 10.1. The Morgan fingerprint density at radius 1 is 0.965 bits per heavy atom. The Morgan fingerprint density at radius 3 is 2.40 bits per heavy atom. The number of ether oxygens (including phenoxy) is 3. The zero-order valence-corrected chi connectivity index (χ0v) is 36.0. The summed E-state index contributed by atoms with van der Waals surface area (Å²) in [6.07, 6.45) is 14.1. The highest BCUT2D eigenvalue weighted by molar-refractivity contribution is 8.03. The lowest BCUT2D eigenvalue weighted by Crippen LogP contribution is -2.35. The fourth-order valence-electron chi connectivity index (χ4n) is 6.64. The maximum Gasteiger partial charge on any atom is 0.414 e. The number of fused-ring (bicyclic) bond motifs is 2. The predicted octanol–water partition coefficient (Wildman–Crippen LogP) is 8.91. The van der Waals surface area contributed by atoms with Gasteiger partial charge >= 0.3 is 18.0 Å². The normalized spacial score (nSPS) is 15.7. The van der Waals surface area contributed by atoms with E-state index in [9.17, 15) is 19.6 Å². The number of allylic oxidation sites excluding steroid dienone is 5. The number of methoxy groups -OCH3 is 2. The molecule has 1 aromatic heterocycles. The fourth-order valence-corrected chi connectivity index (χ4v) is 9.21. The van der Waals surface area contributed by atoms with Gasteiger partial charge in [-0.3, -0.25) is 9.94 Å². The number of hydrogen-bond acceptors (Lipinski definition) is 13. The zero-order chi connectivity index (χ0) is 41.1. The number of likely N-dealkylation sites (N-methyl/N-ethyl adjacent to an activating group) is 1. The number of nitrogens with zero attached hydrogens (tertiary/aromatic N) is 3. The first kappa shape index (κ1) is 44.0. The van der Waals surface area contributed by atoms with Crippen LogP contribution in [0.4, 0.5) is 10.5 Å². The van der Waals surface area contributed by atoms with Crippen LogP contribution in [-0.2, 0) is 30.1 Å². The number of aromatic nitrogens is 1. The monoisotopic (exact) mass is 837 g/mol. The maximum absolute atomic E-state index is 13.6. The summed E-state index contributed by atoms with van der Waals surface area (Å²) >= 11 is 4.23. The van der Waals surface area contributed by atoms with E-state index < -0.39 is 17.7 Å². The van der Waals surface area contributed by atoms with Gasteiger partial charge in [0.25, 0.3) is 5.01 Å². The molecule has 0 radical (unpaired) electrons. The van der Waals surface area contributed by atoms with Gasteiger partial charge in [0.05, 0.1) is 41.8 Å². The molecule has 306 valence electrons. The summed E-state index contributed by atoms with van der Waals surface area (Å²) in [4.78, 5) is 43.3. The van der Waals surface area contributed by atoms with Crippen LogP contribution in [0.5, 0.6) is 0 Å². The van der Waals surface area contributed by atoms with E-state index in [1.807, 2.05) is 45.0 Å². The molecule has 1 aliphatic heterocycles. The fraction of sp³-hybridized carbons (Fsp3) is 0.429. The molecule has 0 saturated carbocycles. The largest absolute Gasteiger partial charge is 0.691 e. The Balaban J connectivity index is 1.53. The van der Waals surface area contributed by atoms with Crippen LogP contribution >= 0.6 is 35.1 Å². The van der Waals surface area contributed by atoms with Crippen LogP contribution < -0.4 is 14.7 Å². The molecule has 0 N–H and O–H groups in total.